The van der Waals surface area contributed by atoms with Crippen molar-refractivity contribution in [1.82, 2.24) is 9.80 Å². The van der Waals surface area contributed by atoms with E-state index in [-0.39, 0.29) is 18.2 Å². The van der Waals surface area contributed by atoms with E-state index in [1.54, 1.807) is 17.0 Å². The molecule has 1 saturated heterocycles. The molecule has 0 saturated carbocycles. The molecule has 136 valence electrons. The van der Waals surface area contributed by atoms with Gasteiger partial charge in [-0.15, -0.1) is 0 Å². The third kappa shape index (κ3) is 5.36. The molecule has 3 N–H and O–H groups in total. The van der Waals surface area contributed by atoms with Gasteiger partial charge in [0.25, 0.3) is 5.69 Å². The van der Waals surface area contributed by atoms with E-state index in [2.05, 4.69) is 0 Å². The van der Waals surface area contributed by atoms with Crippen LogP contribution in [-0.4, -0.2) is 68.9 Å². The van der Waals surface area contributed by atoms with Crippen LogP contribution >= 0.6 is 24.0 Å². The number of carbonyl (C=O) groups is 1. The van der Waals surface area contributed by atoms with Crippen LogP contribution in [0.25, 0.3) is 0 Å². The number of piperazine rings is 1. The van der Waals surface area contributed by atoms with E-state index < -0.39 is 11.0 Å². The van der Waals surface area contributed by atoms with Gasteiger partial charge >= 0.3 is 0 Å². The molecule has 2 rings (SSSR count). The van der Waals surface area contributed by atoms with E-state index in [9.17, 15) is 14.9 Å². The molecule has 1 amide bonds. The smallest absolute Gasteiger partial charge is 0.269 e. The molecule has 1 atom stereocenters. The normalized spacial score (nSPS) is 15.8. The van der Waals surface area contributed by atoms with Gasteiger partial charge in [-0.3, -0.25) is 14.9 Å². The van der Waals surface area contributed by atoms with Crippen molar-refractivity contribution >= 4 is 39.9 Å². The number of rotatable bonds is 5. The van der Waals surface area contributed by atoms with Crippen molar-refractivity contribution in [2.75, 3.05) is 32.8 Å². The second kappa shape index (κ2) is 9.09. The van der Waals surface area contributed by atoms with E-state index in [0.29, 0.717) is 31.9 Å². The zero-order valence-corrected chi connectivity index (χ0v) is 15.2. The van der Waals surface area contributed by atoms with Crippen molar-refractivity contribution in [2.24, 2.45) is 5.73 Å². The Morgan fingerprint density at radius 2 is 1.84 bits per heavy atom. The first-order valence-electron chi connectivity index (χ1n) is 7.72. The molecule has 1 aromatic carbocycles. The lowest BCUT2D eigenvalue weighted by Crippen LogP contribution is -2.54. The van der Waals surface area contributed by atoms with Crippen molar-refractivity contribution in [3.8, 4) is 0 Å². The van der Waals surface area contributed by atoms with Crippen molar-refractivity contribution in [3.63, 3.8) is 0 Å². The summed E-state index contributed by atoms with van der Waals surface area (Å²) < 4.78 is 0.733. The van der Waals surface area contributed by atoms with Crippen molar-refractivity contribution in [2.45, 2.75) is 11.8 Å². The minimum atomic E-state index is -0.866. The maximum absolute atomic E-state index is 11.9. The molecule has 1 unspecified atom stereocenters. The number of non-ortho nitro benzene ring substituents is 1. The number of hydrogen-bond acceptors (Lipinski definition) is 7. The second-order valence-electron chi connectivity index (χ2n) is 5.58. The van der Waals surface area contributed by atoms with Gasteiger partial charge in [-0.05, 0) is 5.56 Å². The number of nitrogens with zero attached hydrogens (tertiary/aromatic N) is 3. The minimum Gasteiger partial charge on any atom is -0.394 e. The topological polar surface area (TPSA) is 113 Å². The molecule has 0 spiro atoms. The number of carbonyl (C=O) groups excluding carboxylic acids is 1. The Bertz CT molecular complexity index is 633. The highest BCUT2D eigenvalue weighted by atomic mass is 32.2. The summed E-state index contributed by atoms with van der Waals surface area (Å²) in [7, 11) is 0. The first-order valence-corrected chi connectivity index (χ1v) is 9.12. The van der Waals surface area contributed by atoms with Gasteiger partial charge in [0.1, 0.15) is 10.4 Å². The lowest BCUT2D eigenvalue weighted by molar-refractivity contribution is -0.384. The summed E-state index contributed by atoms with van der Waals surface area (Å²) in [5.41, 5.74) is 6.58. The van der Waals surface area contributed by atoms with Crippen LogP contribution in [0.1, 0.15) is 5.56 Å². The van der Waals surface area contributed by atoms with Crippen LogP contribution in [-0.2, 0) is 10.5 Å². The number of thioether (sulfide) groups is 1. The number of aliphatic hydroxyl groups is 1. The Morgan fingerprint density at radius 3 is 2.36 bits per heavy atom. The Labute approximate surface area is 155 Å². The van der Waals surface area contributed by atoms with Gasteiger partial charge in [-0.1, -0.05) is 36.1 Å². The van der Waals surface area contributed by atoms with E-state index in [0.717, 1.165) is 9.88 Å². The highest BCUT2D eigenvalue weighted by molar-refractivity contribution is 8.22. The van der Waals surface area contributed by atoms with Crippen LogP contribution in [0.4, 0.5) is 5.69 Å². The van der Waals surface area contributed by atoms with Gasteiger partial charge < -0.3 is 20.6 Å². The quantitative estimate of drug-likeness (QED) is 0.431. The molecule has 25 heavy (non-hydrogen) atoms. The molecule has 1 aliphatic rings. The predicted molar refractivity (Wildman–Crippen MR) is 100 cm³/mol. The highest BCUT2D eigenvalue weighted by Crippen LogP contribution is 2.20. The van der Waals surface area contributed by atoms with Gasteiger partial charge in [-0.25, -0.2) is 0 Å². The molecule has 1 heterocycles. The molecule has 0 radical (unpaired) electrons. The summed E-state index contributed by atoms with van der Waals surface area (Å²) in [6.45, 7) is 1.92. The van der Waals surface area contributed by atoms with E-state index in [1.165, 1.54) is 23.9 Å². The molecule has 1 fully saturated rings. The van der Waals surface area contributed by atoms with Crippen LogP contribution in [0, 0.1) is 10.1 Å². The maximum atomic E-state index is 11.9. The average Bonchev–Trinajstić information content (AvgIpc) is 2.65. The molecule has 0 aliphatic carbocycles. The lowest BCUT2D eigenvalue weighted by atomic mass is 10.2. The van der Waals surface area contributed by atoms with Gasteiger partial charge in [0.15, 0.2) is 0 Å². The SMILES string of the molecule is NC(CO)C(=O)N1CCN(C(=S)SCc2ccc([N+](=O)[O-])cc2)CC1. The average molecular weight is 384 g/mol. The monoisotopic (exact) mass is 384 g/mol. The van der Waals surface area contributed by atoms with Crippen LogP contribution < -0.4 is 5.73 Å². The molecular weight excluding hydrogens is 364 g/mol. The molecule has 10 heteroatoms. The fraction of sp³-hybridized carbons (Fsp3) is 0.467. The highest BCUT2D eigenvalue weighted by Gasteiger charge is 2.25. The standard InChI is InChI=1S/C15H20N4O4S2/c16-13(9-20)14(21)17-5-7-18(8-6-17)15(24)25-10-11-1-3-12(4-2-11)19(22)23/h1-4,13,20H,5-10,16H2. The summed E-state index contributed by atoms with van der Waals surface area (Å²) in [4.78, 5) is 25.8. The molecular formula is C15H20N4O4S2. The van der Waals surface area contributed by atoms with Crippen molar-refractivity contribution < 1.29 is 14.8 Å². The first-order chi connectivity index (χ1) is 11.9. The van der Waals surface area contributed by atoms with Crippen LogP contribution in [0.15, 0.2) is 24.3 Å². The predicted octanol–water partition coefficient (Wildman–Crippen LogP) is 0.577. The van der Waals surface area contributed by atoms with Gasteiger partial charge in [0.05, 0.1) is 11.5 Å². The van der Waals surface area contributed by atoms with Gasteiger partial charge in [0.2, 0.25) is 5.91 Å². The van der Waals surface area contributed by atoms with Crippen LogP contribution in [0.3, 0.4) is 0 Å². The van der Waals surface area contributed by atoms with E-state index >= 15 is 0 Å². The van der Waals surface area contributed by atoms with Gasteiger partial charge in [0, 0.05) is 44.1 Å². The Hall–Kier alpha value is -1.75. The number of benzene rings is 1. The fourth-order valence-electron chi connectivity index (χ4n) is 2.37. The molecule has 1 aliphatic heterocycles. The molecule has 0 aromatic heterocycles. The van der Waals surface area contributed by atoms with Crippen LogP contribution in [0.5, 0.6) is 0 Å². The number of nitrogens with two attached hydrogens (primary N) is 1. The third-order valence-corrected chi connectivity index (χ3v) is 5.47. The Morgan fingerprint density at radius 1 is 1.28 bits per heavy atom. The summed E-state index contributed by atoms with van der Waals surface area (Å²) in [6, 6.07) is 5.54. The zero-order valence-electron chi connectivity index (χ0n) is 13.5. The first kappa shape index (κ1) is 19.6. The minimum absolute atomic E-state index is 0.0678. The van der Waals surface area contributed by atoms with E-state index in [4.69, 9.17) is 23.1 Å². The number of thiocarbonyl (C=S) groups is 1. The Kier molecular flexibility index (Phi) is 7.12. The van der Waals surface area contributed by atoms with Gasteiger partial charge in [-0.2, -0.15) is 0 Å². The number of amides is 1. The Balaban J connectivity index is 1.79. The summed E-state index contributed by atoms with van der Waals surface area (Å²) in [5.74, 6) is 0.386. The van der Waals surface area contributed by atoms with Crippen molar-refractivity contribution in [1.29, 1.82) is 0 Å². The molecule has 0 bridgehead atoms. The summed E-state index contributed by atoms with van der Waals surface area (Å²) >= 11 is 6.92. The third-order valence-electron chi connectivity index (χ3n) is 3.87. The zero-order chi connectivity index (χ0) is 18.4. The van der Waals surface area contributed by atoms with Crippen LogP contribution in [0.2, 0.25) is 0 Å². The maximum Gasteiger partial charge on any atom is 0.269 e. The van der Waals surface area contributed by atoms with Crippen molar-refractivity contribution in [3.05, 3.63) is 39.9 Å². The number of aliphatic hydroxyl groups excluding tert-OH is 1. The number of hydrogen-bond donors (Lipinski definition) is 2. The lowest BCUT2D eigenvalue weighted by Gasteiger charge is -2.36. The largest absolute Gasteiger partial charge is 0.394 e. The summed E-state index contributed by atoms with van der Waals surface area (Å²) in [5, 5.41) is 19.6. The second-order valence-corrected chi connectivity index (χ2v) is 7.19. The fourth-order valence-corrected chi connectivity index (χ4v) is 3.58. The summed E-state index contributed by atoms with van der Waals surface area (Å²) in [6.07, 6.45) is 0. The van der Waals surface area contributed by atoms with E-state index in [1.807, 2.05) is 4.90 Å². The molecule has 8 nitrogen and oxygen atoms in total. The number of nitro benzene ring substituents is 1. The molecule has 1 aromatic rings. The number of nitro groups is 1.